The highest BCUT2D eigenvalue weighted by atomic mass is 16.7. The van der Waals surface area contributed by atoms with Crippen molar-refractivity contribution in [3.63, 3.8) is 0 Å². The van der Waals surface area contributed by atoms with Crippen LogP contribution in [-0.4, -0.2) is 18.3 Å². The van der Waals surface area contributed by atoms with Gasteiger partial charge >= 0.3 is 7.12 Å². The summed E-state index contributed by atoms with van der Waals surface area (Å²) < 4.78 is 10.7. The normalized spacial score (nSPS) is 26.6. The molecule has 0 aromatic rings. The summed E-state index contributed by atoms with van der Waals surface area (Å²) in [6.07, 6.45) is 0. The van der Waals surface area contributed by atoms with E-state index in [2.05, 4.69) is 0 Å². The Morgan fingerprint density at radius 3 is 1.64 bits per heavy atom. The maximum atomic E-state index is 8.53. The Morgan fingerprint density at radius 1 is 1.09 bits per heavy atom. The molecule has 0 saturated carbocycles. The van der Waals surface area contributed by atoms with E-state index in [1.807, 2.05) is 33.7 Å². The molecule has 0 aliphatic carbocycles. The third-order valence-electron chi connectivity index (χ3n) is 2.36. The fourth-order valence-corrected chi connectivity index (χ4v) is 0.896. The van der Waals surface area contributed by atoms with E-state index in [-0.39, 0.29) is 11.2 Å². The van der Waals surface area contributed by atoms with Crippen LogP contribution < -0.4 is 0 Å². The molecule has 0 aromatic carbocycles. The monoisotopic (exact) mass is 153 g/mol. The Bertz CT molecular complexity index is 191. The van der Waals surface area contributed by atoms with E-state index in [4.69, 9.17) is 14.6 Å². The molecule has 1 rings (SSSR count). The van der Waals surface area contributed by atoms with Gasteiger partial charge in [0.2, 0.25) is 0 Å². The van der Waals surface area contributed by atoms with Gasteiger partial charge in [-0.1, -0.05) is 0 Å². The highest BCUT2D eigenvalue weighted by Gasteiger charge is 2.51. The van der Waals surface area contributed by atoms with Crippen molar-refractivity contribution in [3.8, 4) is 5.97 Å². The molecule has 11 heavy (non-hydrogen) atoms. The second-order valence-electron chi connectivity index (χ2n) is 3.72. The Hall–Kier alpha value is -0.525. The Labute approximate surface area is 67.4 Å². The van der Waals surface area contributed by atoms with Crippen LogP contribution >= 0.6 is 0 Å². The van der Waals surface area contributed by atoms with E-state index < -0.39 is 7.12 Å². The van der Waals surface area contributed by atoms with Gasteiger partial charge in [-0.05, 0) is 27.7 Å². The summed E-state index contributed by atoms with van der Waals surface area (Å²) in [5, 5.41) is 8.53. The zero-order valence-electron chi connectivity index (χ0n) is 7.34. The van der Waals surface area contributed by atoms with Crippen LogP contribution in [0.4, 0.5) is 0 Å². The van der Waals surface area contributed by atoms with E-state index in [0.29, 0.717) is 0 Å². The van der Waals surface area contributed by atoms with Crippen LogP contribution in [0.15, 0.2) is 0 Å². The largest absolute Gasteiger partial charge is 0.579 e. The molecular weight excluding hydrogens is 141 g/mol. The molecule has 0 bridgehead atoms. The lowest BCUT2D eigenvalue weighted by atomic mass is 9.90. The maximum Gasteiger partial charge on any atom is 0.579 e. The van der Waals surface area contributed by atoms with Crippen molar-refractivity contribution < 1.29 is 9.31 Å². The molecule has 1 fully saturated rings. The SMILES string of the molecule is CC1(C)OB(C#N)OC1(C)C. The predicted octanol–water partition coefficient (Wildman–Crippen LogP) is 1.14. The van der Waals surface area contributed by atoms with Gasteiger partial charge in [0.25, 0.3) is 0 Å². The zero-order chi connectivity index (χ0) is 8.70. The third kappa shape index (κ3) is 1.26. The van der Waals surface area contributed by atoms with E-state index in [1.54, 1.807) is 0 Å². The first-order chi connectivity index (χ1) is 4.89. The lowest BCUT2D eigenvalue weighted by molar-refractivity contribution is 0.00578. The van der Waals surface area contributed by atoms with Gasteiger partial charge in [-0.2, -0.15) is 0 Å². The van der Waals surface area contributed by atoms with Crippen LogP contribution in [0.5, 0.6) is 0 Å². The van der Waals surface area contributed by atoms with Crippen molar-refractivity contribution >= 4 is 7.12 Å². The lowest BCUT2D eigenvalue weighted by Crippen LogP contribution is -2.41. The molecule has 1 aliphatic heterocycles. The fourth-order valence-electron chi connectivity index (χ4n) is 0.896. The van der Waals surface area contributed by atoms with Crippen molar-refractivity contribution in [1.29, 1.82) is 5.26 Å². The molecule has 0 unspecified atom stereocenters. The summed E-state index contributed by atoms with van der Waals surface area (Å²) in [6, 6.07) is 0. The maximum absolute atomic E-state index is 8.53. The van der Waals surface area contributed by atoms with E-state index in [9.17, 15) is 0 Å². The first kappa shape index (κ1) is 8.57. The topological polar surface area (TPSA) is 42.2 Å². The number of nitrogens with zero attached hydrogens (tertiary/aromatic N) is 1. The molecule has 3 nitrogen and oxygen atoms in total. The molecule has 4 heteroatoms. The number of nitriles is 1. The zero-order valence-corrected chi connectivity index (χ0v) is 7.34. The number of hydrogen-bond acceptors (Lipinski definition) is 3. The molecule has 60 valence electrons. The molecule has 1 aliphatic rings. The Morgan fingerprint density at radius 2 is 1.45 bits per heavy atom. The van der Waals surface area contributed by atoms with Crippen LogP contribution in [0, 0.1) is 11.2 Å². The van der Waals surface area contributed by atoms with Crippen LogP contribution in [0.25, 0.3) is 0 Å². The van der Waals surface area contributed by atoms with E-state index in [1.165, 1.54) is 0 Å². The van der Waals surface area contributed by atoms with Gasteiger partial charge in [0.15, 0.2) is 0 Å². The second kappa shape index (κ2) is 2.23. The summed E-state index contributed by atoms with van der Waals surface area (Å²) in [5.74, 6) is 1.93. The minimum Gasteiger partial charge on any atom is -0.391 e. The number of hydrogen-bond donors (Lipinski definition) is 0. The highest BCUT2D eigenvalue weighted by molar-refractivity contribution is 6.54. The van der Waals surface area contributed by atoms with Crippen molar-refractivity contribution in [2.75, 3.05) is 0 Å². The fraction of sp³-hybridized carbons (Fsp3) is 0.857. The van der Waals surface area contributed by atoms with E-state index in [0.717, 1.165) is 0 Å². The van der Waals surface area contributed by atoms with Gasteiger partial charge in [-0.25, -0.2) is 5.26 Å². The quantitative estimate of drug-likeness (QED) is 0.490. The van der Waals surface area contributed by atoms with Crippen LogP contribution in [0.3, 0.4) is 0 Å². The van der Waals surface area contributed by atoms with Crippen LogP contribution in [-0.2, 0) is 9.31 Å². The molecule has 0 aromatic heterocycles. The summed E-state index contributed by atoms with van der Waals surface area (Å²) in [6.45, 7) is 7.68. The van der Waals surface area contributed by atoms with E-state index >= 15 is 0 Å². The molecule has 1 saturated heterocycles. The van der Waals surface area contributed by atoms with Gasteiger partial charge in [0.1, 0.15) is 0 Å². The summed E-state index contributed by atoms with van der Waals surface area (Å²) in [5.41, 5.74) is -0.763. The van der Waals surface area contributed by atoms with Crippen molar-refractivity contribution in [2.24, 2.45) is 0 Å². The van der Waals surface area contributed by atoms with Gasteiger partial charge in [-0.3, -0.25) is 0 Å². The number of rotatable bonds is 0. The minimum absolute atomic E-state index is 0.382. The molecule has 1 heterocycles. The van der Waals surface area contributed by atoms with Crippen molar-refractivity contribution in [1.82, 2.24) is 0 Å². The van der Waals surface area contributed by atoms with Gasteiger partial charge in [0, 0.05) is 0 Å². The van der Waals surface area contributed by atoms with Crippen molar-refractivity contribution in [3.05, 3.63) is 0 Å². The van der Waals surface area contributed by atoms with Crippen LogP contribution in [0.1, 0.15) is 27.7 Å². The molecular formula is C7H12BNO2. The Balaban J connectivity index is 2.82. The van der Waals surface area contributed by atoms with Gasteiger partial charge < -0.3 is 9.31 Å². The van der Waals surface area contributed by atoms with Gasteiger partial charge in [-0.15, -0.1) is 0 Å². The molecule has 0 spiro atoms. The predicted molar refractivity (Wildman–Crippen MR) is 41.7 cm³/mol. The molecule has 0 atom stereocenters. The van der Waals surface area contributed by atoms with Crippen LogP contribution in [0.2, 0.25) is 0 Å². The third-order valence-corrected chi connectivity index (χ3v) is 2.36. The standard InChI is InChI=1S/C7H12BNO2/c1-6(2)7(3,4)11-8(5-9)10-6/h1-4H3. The summed E-state index contributed by atoms with van der Waals surface area (Å²) in [7, 11) is -0.708. The Kier molecular flexibility index (Phi) is 1.74. The first-order valence-corrected chi connectivity index (χ1v) is 3.64. The average molecular weight is 153 g/mol. The second-order valence-corrected chi connectivity index (χ2v) is 3.72. The average Bonchev–Trinajstić information content (AvgIpc) is 2.03. The summed E-state index contributed by atoms with van der Waals surface area (Å²) in [4.78, 5) is 0. The minimum atomic E-state index is -0.708. The lowest BCUT2D eigenvalue weighted by Gasteiger charge is -2.32. The molecule has 0 N–H and O–H groups in total. The smallest absolute Gasteiger partial charge is 0.391 e. The molecule has 0 radical (unpaired) electrons. The molecule has 0 amide bonds. The van der Waals surface area contributed by atoms with Gasteiger partial charge in [0.05, 0.1) is 17.2 Å². The highest BCUT2D eigenvalue weighted by Crippen LogP contribution is 2.36. The van der Waals surface area contributed by atoms with Crippen molar-refractivity contribution in [2.45, 2.75) is 38.9 Å². The first-order valence-electron chi connectivity index (χ1n) is 3.64. The summed E-state index contributed by atoms with van der Waals surface area (Å²) >= 11 is 0.